The van der Waals surface area contributed by atoms with Crippen LogP contribution in [0.2, 0.25) is 0 Å². The van der Waals surface area contributed by atoms with Crippen LogP contribution < -0.4 is 5.32 Å². The number of esters is 1. The first kappa shape index (κ1) is 60.4. The summed E-state index contributed by atoms with van der Waals surface area (Å²) in [4.78, 5) is 25.0. The number of carbonyl (C=O) groups is 2. The lowest BCUT2D eigenvalue weighted by Gasteiger charge is -2.40. The van der Waals surface area contributed by atoms with E-state index in [1.807, 2.05) is 6.08 Å². The van der Waals surface area contributed by atoms with Crippen LogP contribution in [-0.4, -0.2) is 100 Å². The van der Waals surface area contributed by atoms with Crippen molar-refractivity contribution in [2.24, 2.45) is 0 Å². The topological polar surface area (TPSA) is 175 Å². The molecule has 6 N–H and O–H groups in total. The van der Waals surface area contributed by atoms with Crippen molar-refractivity contribution in [1.29, 1.82) is 0 Å². The van der Waals surface area contributed by atoms with E-state index in [2.05, 4.69) is 67.8 Å². The van der Waals surface area contributed by atoms with Crippen LogP contribution >= 0.6 is 0 Å². The molecule has 0 radical (unpaired) electrons. The molecule has 0 aromatic carbocycles. The molecule has 376 valence electrons. The minimum Gasteiger partial charge on any atom is -0.466 e. The number of aliphatic hydroxyl groups is 5. The number of nitrogens with one attached hydrogen (secondary N) is 1. The molecule has 1 aliphatic rings. The molecule has 0 aliphatic carbocycles. The van der Waals surface area contributed by atoms with Crippen LogP contribution in [-0.2, 0) is 23.8 Å². The third-order valence-electron chi connectivity index (χ3n) is 11.8. The molecule has 1 saturated heterocycles. The predicted molar refractivity (Wildman–Crippen MR) is 264 cm³/mol. The minimum atomic E-state index is -1.59. The van der Waals surface area contributed by atoms with Gasteiger partial charge in [-0.1, -0.05) is 145 Å². The Labute approximate surface area is 395 Å². The van der Waals surface area contributed by atoms with E-state index < -0.39 is 49.5 Å². The summed E-state index contributed by atoms with van der Waals surface area (Å²) in [5.41, 5.74) is 0. The van der Waals surface area contributed by atoms with Crippen molar-refractivity contribution >= 4 is 11.9 Å². The summed E-state index contributed by atoms with van der Waals surface area (Å²) in [6, 6.07) is -0.854. The molecule has 7 atom stereocenters. The lowest BCUT2D eigenvalue weighted by molar-refractivity contribution is -0.302. The van der Waals surface area contributed by atoms with Crippen LogP contribution in [0.4, 0.5) is 0 Å². The second kappa shape index (κ2) is 43.9. The van der Waals surface area contributed by atoms with Crippen LogP contribution in [0.1, 0.15) is 206 Å². The van der Waals surface area contributed by atoms with Crippen LogP contribution in [0.3, 0.4) is 0 Å². The van der Waals surface area contributed by atoms with Gasteiger partial charge in [0.2, 0.25) is 5.91 Å². The Hall–Kier alpha value is -2.64. The maximum absolute atomic E-state index is 13.0. The fraction of sp³-hybridized carbons (Fsp3) is 0.778. The third kappa shape index (κ3) is 34.3. The van der Waals surface area contributed by atoms with Crippen molar-refractivity contribution in [2.45, 2.75) is 249 Å². The highest BCUT2D eigenvalue weighted by molar-refractivity contribution is 5.76. The van der Waals surface area contributed by atoms with Crippen molar-refractivity contribution in [3.8, 4) is 0 Å². The smallest absolute Gasteiger partial charge is 0.305 e. The summed E-state index contributed by atoms with van der Waals surface area (Å²) >= 11 is 0. The zero-order valence-corrected chi connectivity index (χ0v) is 40.9. The Balaban J connectivity index is 2.27. The van der Waals surface area contributed by atoms with Crippen molar-refractivity contribution in [2.75, 3.05) is 19.8 Å². The SMILES string of the molecule is CCCC/C=C\CCCCCCCC(=O)OCCCCC/C=C\CCCCCCCC(=O)NC(COC1OC(CO)C(O)C(O)C1O)C(O)/C=C/CC/C=C/CC/C=C/CCCCCC. The minimum absolute atomic E-state index is 0.0610. The molecular weight excluding hydrogens is 823 g/mol. The van der Waals surface area contributed by atoms with E-state index in [4.69, 9.17) is 14.2 Å². The summed E-state index contributed by atoms with van der Waals surface area (Å²) < 4.78 is 16.6. The van der Waals surface area contributed by atoms with Gasteiger partial charge in [0.1, 0.15) is 24.4 Å². The average molecular weight is 918 g/mol. The molecule has 1 rings (SSSR count). The molecule has 0 aromatic heterocycles. The molecular formula is C54H95NO10. The molecule has 65 heavy (non-hydrogen) atoms. The van der Waals surface area contributed by atoms with Crippen molar-refractivity contribution in [3.05, 3.63) is 60.8 Å². The number of unbranched alkanes of at least 4 members (excludes halogenated alkanes) is 21. The summed E-state index contributed by atoms with van der Waals surface area (Å²) in [6.45, 7) is 4.15. The molecule has 1 fully saturated rings. The summed E-state index contributed by atoms with van der Waals surface area (Å²) in [5, 5.41) is 54.2. The average Bonchev–Trinajstić information content (AvgIpc) is 3.30. The van der Waals surface area contributed by atoms with Gasteiger partial charge in [-0.15, -0.1) is 0 Å². The highest BCUT2D eigenvalue weighted by atomic mass is 16.7. The van der Waals surface area contributed by atoms with Gasteiger partial charge >= 0.3 is 5.97 Å². The molecule has 11 nitrogen and oxygen atoms in total. The van der Waals surface area contributed by atoms with Gasteiger partial charge in [-0.3, -0.25) is 9.59 Å². The van der Waals surface area contributed by atoms with E-state index in [-0.39, 0.29) is 18.5 Å². The van der Waals surface area contributed by atoms with Crippen molar-refractivity contribution < 1.29 is 49.3 Å². The lowest BCUT2D eigenvalue weighted by Crippen LogP contribution is -2.60. The van der Waals surface area contributed by atoms with Crippen LogP contribution in [0, 0.1) is 0 Å². The normalized spacial score (nSPS) is 20.3. The zero-order chi connectivity index (χ0) is 47.4. The Morgan fingerprint density at radius 3 is 1.57 bits per heavy atom. The van der Waals surface area contributed by atoms with Gasteiger partial charge in [0, 0.05) is 12.8 Å². The molecule has 11 heteroatoms. The Kier molecular flexibility index (Phi) is 40.8. The maximum Gasteiger partial charge on any atom is 0.305 e. The molecule has 1 amide bonds. The Bertz CT molecular complexity index is 1270. The van der Waals surface area contributed by atoms with Gasteiger partial charge < -0.3 is 45.1 Å². The van der Waals surface area contributed by atoms with E-state index in [0.717, 1.165) is 96.3 Å². The van der Waals surface area contributed by atoms with Crippen LogP contribution in [0.15, 0.2) is 60.8 Å². The molecule has 1 heterocycles. The highest BCUT2D eigenvalue weighted by Crippen LogP contribution is 2.22. The standard InChI is InChI=1S/C54H95NO10/c1-3-5-7-9-11-13-15-16-17-21-24-28-32-36-40-47(57)46(45-64-54-53(62)52(61)51(60)48(44-56)65-54)55-49(58)41-37-33-29-25-22-18-19-23-27-31-35-39-43-63-50(59)42-38-34-30-26-20-14-12-10-8-6-4-2/h10,12-13,15,19,21,23-24,36,40,46-48,51-54,56-57,60-62H,3-9,11,14,16-18,20,22,25-35,37-39,41-45H2,1-2H3,(H,55,58)/b12-10-,15-13+,23-19-,24-21+,40-36+. The van der Waals surface area contributed by atoms with Gasteiger partial charge in [-0.05, 0) is 109 Å². The monoisotopic (exact) mass is 918 g/mol. The second-order valence-electron chi connectivity index (χ2n) is 17.8. The third-order valence-corrected chi connectivity index (χ3v) is 11.8. The fourth-order valence-electron chi connectivity index (χ4n) is 7.56. The summed E-state index contributed by atoms with van der Waals surface area (Å²) in [6.07, 6.45) is 44.3. The number of ether oxygens (including phenoxy) is 3. The number of aliphatic hydroxyl groups excluding tert-OH is 5. The molecule has 0 aromatic rings. The van der Waals surface area contributed by atoms with E-state index >= 15 is 0 Å². The highest BCUT2D eigenvalue weighted by Gasteiger charge is 2.44. The summed E-state index contributed by atoms with van der Waals surface area (Å²) in [7, 11) is 0. The Morgan fingerprint density at radius 2 is 1.02 bits per heavy atom. The Morgan fingerprint density at radius 1 is 0.554 bits per heavy atom. The number of carbonyl (C=O) groups excluding carboxylic acids is 2. The van der Waals surface area contributed by atoms with Crippen LogP contribution in [0.25, 0.3) is 0 Å². The number of allylic oxidation sites excluding steroid dienone is 9. The molecule has 1 aliphatic heterocycles. The maximum atomic E-state index is 13.0. The van der Waals surface area contributed by atoms with Crippen molar-refractivity contribution in [1.82, 2.24) is 5.32 Å². The van der Waals surface area contributed by atoms with E-state index in [1.54, 1.807) is 6.08 Å². The summed E-state index contributed by atoms with van der Waals surface area (Å²) in [5.74, 6) is -0.286. The van der Waals surface area contributed by atoms with E-state index in [0.29, 0.717) is 32.3 Å². The lowest BCUT2D eigenvalue weighted by atomic mass is 9.99. The molecule has 0 bridgehead atoms. The number of amides is 1. The number of hydrogen-bond acceptors (Lipinski definition) is 10. The van der Waals surface area contributed by atoms with E-state index in [1.165, 1.54) is 70.6 Å². The fourth-order valence-corrected chi connectivity index (χ4v) is 7.56. The van der Waals surface area contributed by atoms with Gasteiger partial charge in [-0.2, -0.15) is 0 Å². The van der Waals surface area contributed by atoms with Gasteiger partial charge in [0.15, 0.2) is 6.29 Å². The number of hydrogen-bond donors (Lipinski definition) is 6. The van der Waals surface area contributed by atoms with Gasteiger partial charge in [0.25, 0.3) is 0 Å². The molecule has 7 unspecified atom stereocenters. The largest absolute Gasteiger partial charge is 0.466 e. The first-order valence-electron chi connectivity index (χ1n) is 26.1. The van der Waals surface area contributed by atoms with E-state index in [9.17, 15) is 35.1 Å². The first-order valence-corrected chi connectivity index (χ1v) is 26.1. The molecule has 0 spiro atoms. The number of rotatable bonds is 43. The first-order chi connectivity index (χ1) is 31.7. The van der Waals surface area contributed by atoms with Gasteiger partial charge in [-0.25, -0.2) is 0 Å². The van der Waals surface area contributed by atoms with Crippen molar-refractivity contribution in [3.63, 3.8) is 0 Å². The van der Waals surface area contributed by atoms with Crippen LogP contribution in [0.5, 0.6) is 0 Å². The zero-order valence-electron chi connectivity index (χ0n) is 40.9. The van der Waals surface area contributed by atoms with Gasteiger partial charge in [0.05, 0.1) is 32.0 Å². The quantitative estimate of drug-likeness (QED) is 0.0196. The second-order valence-corrected chi connectivity index (χ2v) is 17.8. The molecule has 0 saturated carbocycles. The predicted octanol–water partition coefficient (Wildman–Crippen LogP) is 10.7.